The highest BCUT2D eigenvalue weighted by Crippen LogP contribution is 2.22. The Morgan fingerprint density at radius 1 is 1.00 bits per heavy atom. The molecule has 172 valence electrons. The van der Waals surface area contributed by atoms with Gasteiger partial charge in [-0.15, -0.1) is 0 Å². The molecule has 1 aromatic heterocycles. The first-order valence-corrected chi connectivity index (χ1v) is 11.6. The van der Waals surface area contributed by atoms with Gasteiger partial charge in [-0.1, -0.05) is 11.6 Å². The summed E-state index contributed by atoms with van der Waals surface area (Å²) in [6.07, 6.45) is 1.44. The number of anilines is 2. The van der Waals surface area contributed by atoms with Crippen LogP contribution in [-0.4, -0.2) is 37.2 Å². The third kappa shape index (κ3) is 6.36. The molecule has 9 nitrogen and oxygen atoms in total. The van der Waals surface area contributed by atoms with Gasteiger partial charge in [0.25, 0.3) is 10.0 Å². The van der Waals surface area contributed by atoms with Crippen molar-refractivity contribution in [3.63, 3.8) is 0 Å². The zero-order chi connectivity index (χ0) is 24.0. The minimum Gasteiger partial charge on any atom is -0.496 e. The fourth-order valence-electron chi connectivity index (χ4n) is 3.02. The van der Waals surface area contributed by atoms with Gasteiger partial charge in [0.05, 0.1) is 17.6 Å². The molecule has 0 spiro atoms. The summed E-state index contributed by atoms with van der Waals surface area (Å²) >= 11 is 0. The topological polar surface area (TPSA) is 127 Å². The number of nitrogens with one attached hydrogen (secondary N) is 2. The molecule has 0 radical (unpaired) electrons. The van der Waals surface area contributed by atoms with Crippen LogP contribution in [0.3, 0.4) is 0 Å². The number of ether oxygens (including phenoxy) is 1. The van der Waals surface area contributed by atoms with Crippen molar-refractivity contribution in [2.75, 3.05) is 17.1 Å². The number of aryl methyl sites for hydroxylation is 2. The maximum Gasteiger partial charge on any atom is 0.264 e. The van der Waals surface area contributed by atoms with E-state index in [1.807, 2.05) is 13.0 Å². The monoisotopic (exact) mass is 468 g/mol. The summed E-state index contributed by atoms with van der Waals surface area (Å²) in [4.78, 5) is 32.7. The Kier molecular flexibility index (Phi) is 7.39. The van der Waals surface area contributed by atoms with Gasteiger partial charge in [0.2, 0.25) is 11.9 Å². The van der Waals surface area contributed by atoms with Crippen LogP contribution in [0, 0.1) is 13.8 Å². The van der Waals surface area contributed by atoms with Gasteiger partial charge in [-0.05, 0) is 56.3 Å². The van der Waals surface area contributed by atoms with E-state index in [4.69, 9.17) is 4.74 Å². The molecule has 0 unspecified atom stereocenters. The van der Waals surface area contributed by atoms with E-state index in [9.17, 15) is 18.0 Å². The molecule has 0 aliphatic carbocycles. The maximum absolute atomic E-state index is 12.5. The quantitative estimate of drug-likeness (QED) is 0.460. The van der Waals surface area contributed by atoms with E-state index in [1.165, 1.54) is 37.6 Å². The van der Waals surface area contributed by atoms with Gasteiger partial charge in [0.1, 0.15) is 5.75 Å². The SMILES string of the molecule is COc1ccc(C)cc1C(=O)CCC(=O)Nc1ccc(S(=O)(=O)Nc2nccc(C)n2)cc1. The molecular weight excluding hydrogens is 444 g/mol. The Bertz CT molecular complexity index is 1270. The van der Waals surface area contributed by atoms with E-state index in [2.05, 4.69) is 20.0 Å². The van der Waals surface area contributed by atoms with Crippen LogP contribution in [0.5, 0.6) is 5.75 Å². The summed E-state index contributed by atoms with van der Waals surface area (Å²) < 4.78 is 32.6. The van der Waals surface area contributed by atoms with Crippen LogP contribution in [0.2, 0.25) is 0 Å². The van der Waals surface area contributed by atoms with Crippen molar-refractivity contribution >= 4 is 33.3 Å². The van der Waals surface area contributed by atoms with E-state index in [0.717, 1.165) is 5.56 Å². The fourth-order valence-corrected chi connectivity index (χ4v) is 3.97. The number of rotatable bonds is 9. The van der Waals surface area contributed by atoms with Gasteiger partial charge in [-0.25, -0.2) is 23.1 Å². The predicted octanol–water partition coefficient (Wildman–Crippen LogP) is 3.50. The van der Waals surface area contributed by atoms with E-state index < -0.39 is 10.0 Å². The molecule has 0 fully saturated rings. The van der Waals surface area contributed by atoms with E-state index >= 15 is 0 Å². The lowest BCUT2D eigenvalue weighted by atomic mass is 10.0. The number of sulfonamides is 1. The van der Waals surface area contributed by atoms with E-state index in [-0.39, 0.29) is 35.4 Å². The summed E-state index contributed by atoms with van der Waals surface area (Å²) in [6.45, 7) is 3.60. The number of hydrogen-bond acceptors (Lipinski definition) is 7. The van der Waals surface area contributed by atoms with Crippen LogP contribution in [0.15, 0.2) is 59.6 Å². The minimum absolute atomic E-state index is 0.00711. The molecule has 0 aliphatic rings. The second-order valence-corrected chi connectivity index (χ2v) is 9.01. The third-order valence-corrected chi connectivity index (χ3v) is 6.05. The summed E-state index contributed by atoms with van der Waals surface area (Å²) in [5, 5.41) is 2.66. The Hall–Kier alpha value is -3.79. The van der Waals surface area contributed by atoms with Crippen molar-refractivity contribution in [1.29, 1.82) is 0 Å². The number of carbonyl (C=O) groups excluding carboxylic acids is 2. The molecule has 0 aliphatic heterocycles. The molecular formula is C23H24N4O5S. The molecule has 3 rings (SSSR count). The molecule has 0 bridgehead atoms. The van der Waals surface area contributed by atoms with Crippen LogP contribution in [0.25, 0.3) is 0 Å². The predicted molar refractivity (Wildman–Crippen MR) is 124 cm³/mol. The van der Waals surface area contributed by atoms with Crippen LogP contribution in [0.1, 0.15) is 34.5 Å². The standard InChI is InChI=1S/C23H24N4O5S/c1-15-4-10-21(32-3)19(14-15)20(28)9-11-22(29)26-17-5-7-18(8-6-17)33(30,31)27-23-24-13-12-16(2)25-23/h4-8,10,12-14H,9,11H2,1-3H3,(H,26,29)(H,24,25,27). The van der Waals surface area contributed by atoms with Crippen LogP contribution < -0.4 is 14.8 Å². The molecule has 1 heterocycles. The lowest BCUT2D eigenvalue weighted by Crippen LogP contribution is -2.16. The summed E-state index contributed by atoms with van der Waals surface area (Å²) in [7, 11) is -2.39. The Morgan fingerprint density at radius 2 is 1.73 bits per heavy atom. The average Bonchev–Trinajstić information content (AvgIpc) is 2.77. The maximum atomic E-state index is 12.5. The zero-order valence-electron chi connectivity index (χ0n) is 18.5. The number of hydrogen-bond donors (Lipinski definition) is 2. The van der Waals surface area contributed by atoms with Crippen molar-refractivity contribution in [2.24, 2.45) is 0 Å². The zero-order valence-corrected chi connectivity index (χ0v) is 19.3. The number of aromatic nitrogens is 2. The highest BCUT2D eigenvalue weighted by Gasteiger charge is 2.17. The molecule has 3 aromatic rings. The molecule has 2 aromatic carbocycles. The molecule has 33 heavy (non-hydrogen) atoms. The number of benzene rings is 2. The van der Waals surface area contributed by atoms with Crippen molar-refractivity contribution in [3.8, 4) is 5.75 Å². The smallest absolute Gasteiger partial charge is 0.264 e. The second kappa shape index (κ2) is 10.2. The highest BCUT2D eigenvalue weighted by molar-refractivity contribution is 7.92. The lowest BCUT2D eigenvalue weighted by Gasteiger charge is -2.10. The van der Waals surface area contributed by atoms with Gasteiger partial charge < -0.3 is 10.1 Å². The Labute approximate surface area is 192 Å². The van der Waals surface area contributed by atoms with Crippen LogP contribution in [-0.2, 0) is 14.8 Å². The lowest BCUT2D eigenvalue weighted by molar-refractivity contribution is -0.116. The van der Waals surface area contributed by atoms with Crippen molar-refractivity contribution in [2.45, 2.75) is 31.6 Å². The number of Topliss-reactive ketones (excluding diaryl/α,β-unsaturated/α-hetero) is 1. The molecule has 0 saturated heterocycles. The number of amides is 1. The molecule has 10 heteroatoms. The summed E-state index contributed by atoms with van der Waals surface area (Å²) in [5.41, 5.74) is 2.39. The van der Waals surface area contributed by atoms with Crippen molar-refractivity contribution in [3.05, 3.63) is 71.5 Å². The van der Waals surface area contributed by atoms with Gasteiger partial charge in [-0.3, -0.25) is 9.59 Å². The molecule has 0 saturated carbocycles. The fraction of sp³-hybridized carbons (Fsp3) is 0.217. The van der Waals surface area contributed by atoms with Gasteiger partial charge in [0, 0.05) is 30.4 Å². The first-order chi connectivity index (χ1) is 15.7. The largest absolute Gasteiger partial charge is 0.496 e. The normalized spacial score (nSPS) is 11.0. The van der Waals surface area contributed by atoms with Crippen molar-refractivity contribution < 1.29 is 22.7 Å². The number of nitrogens with zero attached hydrogens (tertiary/aromatic N) is 2. The summed E-state index contributed by atoms with van der Waals surface area (Å²) in [5.74, 6) is -0.122. The first-order valence-electron chi connectivity index (χ1n) is 10.1. The number of ketones is 1. The Balaban J connectivity index is 1.59. The van der Waals surface area contributed by atoms with Gasteiger partial charge >= 0.3 is 0 Å². The van der Waals surface area contributed by atoms with Crippen molar-refractivity contribution in [1.82, 2.24) is 9.97 Å². The van der Waals surface area contributed by atoms with E-state index in [1.54, 1.807) is 25.1 Å². The van der Waals surface area contributed by atoms with Crippen LogP contribution >= 0.6 is 0 Å². The summed E-state index contributed by atoms with van der Waals surface area (Å²) in [6, 6.07) is 12.6. The van der Waals surface area contributed by atoms with Gasteiger partial charge in [0.15, 0.2) is 5.78 Å². The minimum atomic E-state index is -3.88. The molecule has 1 amide bonds. The average molecular weight is 469 g/mol. The van der Waals surface area contributed by atoms with Gasteiger partial charge in [-0.2, -0.15) is 0 Å². The van der Waals surface area contributed by atoms with E-state index in [0.29, 0.717) is 22.7 Å². The Morgan fingerprint density at radius 3 is 2.39 bits per heavy atom. The number of methoxy groups -OCH3 is 1. The second-order valence-electron chi connectivity index (χ2n) is 7.33. The molecule has 2 N–H and O–H groups in total. The number of carbonyl (C=O) groups is 2. The van der Waals surface area contributed by atoms with Crippen LogP contribution in [0.4, 0.5) is 11.6 Å². The third-order valence-electron chi connectivity index (χ3n) is 4.70. The highest BCUT2D eigenvalue weighted by atomic mass is 32.2. The molecule has 0 atom stereocenters. The first kappa shape index (κ1) is 23.9.